The largest absolute Gasteiger partial charge is 0.368 e. The van der Waals surface area contributed by atoms with Crippen molar-refractivity contribution >= 4 is 17.2 Å². The average molecular weight is 184 g/mol. The van der Waals surface area contributed by atoms with Crippen molar-refractivity contribution in [1.29, 1.82) is 0 Å². The number of nitrogens with two attached hydrogens (primary N) is 1. The molecule has 0 spiro atoms. The number of likely N-dealkylation sites (N-methyl/N-ethyl adjacent to an activating group) is 1. The first kappa shape index (κ1) is 9.22. The van der Waals surface area contributed by atoms with Gasteiger partial charge in [0.15, 0.2) is 0 Å². The fourth-order valence-electron chi connectivity index (χ4n) is 1.15. The summed E-state index contributed by atoms with van der Waals surface area (Å²) in [4.78, 5) is 12.8. The Labute approximate surface area is 75.8 Å². The third-order valence-electron chi connectivity index (χ3n) is 1.64. The summed E-state index contributed by atoms with van der Waals surface area (Å²) in [6.07, 6.45) is 0. The van der Waals surface area contributed by atoms with Crippen molar-refractivity contribution in [3.8, 4) is 0 Å². The van der Waals surface area contributed by atoms with Crippen molar-refractivity contribution in [2.75, 3.05) is 14.1 Å². The Kier molecular flexibility index (Phi) is 2.83. The highest BCUT2D eigenvalue weighted by Gasteiger charge is 2.19. The van der Waals surface area contributed by atoms with E-state index < -0.39 is 0 Å². The summed E-state index contributed by atoms with van der Waals surface area (Å²) in [5, 5.41) is 3.88. The van der Waals surface area contributed by atoms with Crippen LogP contribution in [0.15, 0.2) is 16.8 Å². The normalized spacial score (nSPS) is 13.2. The van der Waals surface area contributed by atoms with Crippen LogP contribution in [0.2, 0.25) is 0 Å². The molecule has 1 amide bonds. The molecule has 0 aliphatic carbocycles. The molecular formula is C8H12N2OS. The van der Waals surface area contributed by atoms with Crippen LogP contribution < -0.4 is 5.73 Å². The molecule has 1 aromatic heterocycles. The third-order valence-corrected chi connectivity index (χ3v) is 2.35. The van der Waals surface area contributed by atoms with Gasteiger partial charge in [0, 0.05) is 0 Å². The second-order valence-electron chi connectivity index (χ2n) is 2.83. The zero-order chi connectivity index (χ0) is 9.14. The van der Waals surface area contributed by atoms with Gasteiger partial charge < -0.3 is 5.73 Å². The number of thiophene rings is 1. The van der Waals surface area contributed by atoms with Gasteiger partial charge in [-0.15, -0.1) is 0 Å². The molecule has 0 aromatic carbocycles. The Morgan fingerprint density at radius 3 is 2.67 bits per heavy atom. The van der Waals surface area contributed by atoms with E-state index in [1.54, 1.807) is 11.3 Å². The van der Waals surface area contributed by atoms with Gasteiger partial charge in [-0.3, -0.25) is 9.69 Å². The number of nitrogens with zero attached hydrogens (tertiary/aromatic N) is 1. The Morgan fingerprint density at radius 1 is 1.67 bits per heavy atom. The number of carbonyl (C=O) groups is 1. The van der Waals surface area contributed by atoms with Crippen LogP contribution in [0.25, 0.3) is 0 Å². The van der Waals surface area contributed by atoms with Crippen LogP contribution in [0.3, 0.4) is 0 Å². The molecule has 0 fully saturated rings. The van der Waals surface area contributed by atoms with Crippen LogP contribution in [-0.4, -0.2) is 24.9 Å². The highest BCUT2D eigenvalue weighted by atomic mass is 32.1. The van der Waals surface area contributed by atoms with Gasteiger partial charge >= 0.3 is 0 Å². The zero-order valence-electron chi connectivity index (χ0n) is 7.15. The van der Waals surface area contributed by atoms with Gasteiger partial charge in [0.2, 0.25) is 5.91 Å². The lowest BCUT2D eigenvalue weighted by atomic mass is 10.1. The van der Waals surface area contributed by atoms with Gasteiger partial charge in [0.25, 0.3) is 0 Å². The minimum Gasteiger partial charge on any atom is -0.368 e. The maximum atomic E-state index is 11.0. The molecule has 12 heavy (non-hydrogen) atoms. The maximum absolute atomic E-state index is 11.0. The maximum Gasteiger partial charge on any atom is 0.239 e. The zero-order valence-corrected chi connectivity index (χ0v) is 7.97. The van der Waals surface area contributed by atoms with Crippen molar-refractivity contribution in [1.82, 2.24) is 4.90 Å². The quantitative estimate of drug-likeness (QED) is 0.756. The van der Waals surface area contributed by atoms with Crippen LogP contribution in [0.5, 0.6) is 0 Å². The fraction of sp³-hybridized carbons (Fsp3) is 0.375. The summed E-state index contributed by atoms with van der Waals surface area (Å²) < 4.78 is 0. The van der Waals surface area contributed by atoms with Crippen LogP contribution in [-0.2, 0) is 4.79 Å². The van der Waals surface area contributed by atoms with E-state index in [0.717, 1.165) is 5.56 Å². The van der Waals surface area contributed by atoms with Crippen LogP contribution in [0, 0.1) is 0 Å². The molecule has 4 heteroatoms. The summed E-state index contributed by atoms with van der Waals surface area (Å²) >= 11 is 1.57. The van der Waals surface area contributed by atoms with E-state index in [1.165, 1.54) is 0 Å². The summed E-state index contributed by atoms with van der Waals surface area (Å²) in [5.41, 5.74) is 6.22. The minimum absolute atomic E-state index is 0.295. The topological polar surface area (TPSA) is 46.3 Å². The molecule has 0 bridgehead atoms. The molecule has 1 heterocycles. The molecular weight excluding hydrogens is 172 g/mol. The Hall–Kier alpha value is -0.870. The number of amides is 1. The number of rotatable bonds is 3. The van der Waals surface area contributed by atoms with Crippen molar-refractivity contribution in [3.63, 3.8) is 0 Å². The van der Waals surface area contributed by atoms with E-state index in [0.29, 0.717) is 0 Å². The van der Waals surface area contributed by atoms with Crippen LogP contribution >= 0.6 is 11.3 Å². The molecule has 0 radical (unpaired) electrons. The number of hydrogen-bond acceptors (Lipinski definition) is 3. The Balaban J connectivity index is 2.88. The number of carbonyl (C=O) groups excluding carboxylic acids is 1. The van der Waals surface area contributed by atoms with E-state index in [9.17, 15) is 4.79 Å². The third kappa shape index (κ3) is 1.84. The SMILES string of the molecule is CN(C)[C@@H](C(N)=O)c1ccsc1. The smallest absolute Gasteiger partial charge is 0.239 e. The molecule has 1 atom stereocenters. The molecule has 66 valence electrons. The second-order valence-corrected chi connectivity index (χ2v) is 3.61. The van der Waals surface area contributed by atoms with Gasteiger partial charge in [0.05, 0.1) is 0 Å². The van der Waals surface area contributed by atoms with Gasteiger partial charge in [-0.25, -0.2) is 0 Å². The predicted molar refractivity (Wildman–Crippen MR) is 49.9 cm³/mol. The molecule has 0 aliphatic rings. The molecule has 1 aromatic rings. The lowest BCUT2D eigenvalue weighted by Gasteiger charge is -2.19. The first-order valence-corrected chi connectivity index (χ1v) is 4.55. The minimum atomic E-state index is -0.307. The average Bonchev–Trinajstić information content (AvgIpc) is 2.37. The van der Waals surface area contributed by atoms with Gasteiger partial charge in [-0.1, -0.05) is 0 Å². The van der Waals surface area contributed by atoms with E-state index in [-0.39, 0.29) is 11.9 Å². The van der Waals surface area contributed by atoms with E-state index >= 15 is 0 Å². The summed E-state index contributed by atoms with van der Waals surface area (Å²) in [6.45, 7) is 0. The number of hydrogen-bond donors (Lipinski definition) is 1. The molecule has 0 saturated carbocycles. The van der Waals surface area contributed by atoms with Crippen LogP contribution in [0.4, 0.5) is 0 Å². The Bertz CT molecular complexity index is 256. The van der Waals surface area contributed by atoms with Crippen molar-refractivity contribution in [2.45, 2.75) is 6.04 Å². The lowest BCUT2D eigenvalue weighted by molar-refractivity contribution is -0.122. The van der Waals surface area contributed by atoms with Gasteiger partial charge in [-0.2, -0.15) is 11.3 Å². The van der Waals surface area contributed by atoms with Gasteiger partial charge in [-0.05, 0) is 36.5 Å². The standard InChI is InChI=1S/C8H12N2OS/c1-10(2)7(8(9)11)6-3-4-12-5-6/h3-5,7H,1-2H3,(H2,9,11)/t7-/m1/s1. The molecule has 0 saturated heterocycles. The monoisotopic (exact) mass is 184 g/mol. The Morgan fingerprint density at radius 2 is 2.33 bits per heavy atom. The van der Waals surface area contributed by atoms with Crippen molar-refractivity contribution in [3.05, 3.63) is 22.4 Å². The highest BCUT2D eigenvalue weighted by Crippen LogP contribution is 2.19. The summed E-state index contributed by atoms with van der Waals surface area (Å²) in [6, 6.07) is 1.62. The number of primary amides is 1. The van der Waals surface area contributed by atoms with Crippen LogP contribution in [0.1, 0.15) is 11.6 Å². The molecule has 0 aliphatic heterocycles. The highest BCUT2D eigenvalue weighted by molar-refractivity contribution is 7.08. The molecule has 1 rings (SSSR count). The summed E-state index contributed by atoms with van der Waals surface area (Å²) in [5.74, 6) is -0.307. The van der Waals surface area contributed by atoms with Crippen molar-refractivity contribution in [2.24, 2.45) is 5.73 Å². The van der Waals surface area contributed by atoms with E-state index in [2.05, 4.69) is 0 Å². The van der Waals surface area contributed by atoms with Crippen molar-refractivity contribution < 1.29 is 4.79 Å². The van der Waals surface area contributed by atoms with E-state index in [1.807, 2.05) is 35.8 Å². The molecule has 3 nitrogen and oxygen atoms in total. The second kappa shape index (κ2) is 3.69. The fourth-order valence-corrected chi connectivity index (χ4v) is 1.83. The first-order valence-electron chi connectivity index (χ1n) is 3.60. The van der Waals surface area contributed by atoms with E-state index in [4.69, 9.17) is 5.73 Å². The van der Waals surface area contributed by atoms with Gasteiger partial charge in [0.1, 0.15) is 6.04 Å². The predicted octanol–water partition coefficient (Wildman–Crippen LogP) is 0.836. The first-order chi connectivity index (χ1) is 5.63. The summed E-state index contributed by atoms with van der Waals surface area (Å²) in [7, 11) is 3.68. The lowest BCUT2D eigenvalue weighted by Crippen LogP contribution is -2.32. The molecule has 0 unspecified atom stereocenters. The molecule has 2 N–H and O–H groups in total.